The van der Waals surface area contributed by atoms with Gasteiger partial charge in [-0.05, 0) is 43.9 Å². The molecule has 1 aromatic carbocycles. The molecule has 1 aromatic rings. The molecule has 1 heterocycles. The van der Waals surface area contributed by atoms with E-state index in [2.05, 4.69) is 5.32 Å². The minimum absolute atomic E-state index is 0.127. The molecule has 0 bridgehead atoms. The van der Waals surface area contributed by atoms with E-state index in [0.29, 0.717) is 25.0 Å². The number of carbonyl (C=O) groups excluding carboxylic acids is 2. The zero-order chi connectivity index (χ0) is 19.6. The minimum atomic E-state index is -0.362. The summed E-state index contributed by atoms with van der Waals surface area (Å²) < 4.78 is 5.36. The molecule has 0 unspecified atom stereocenters. The summed E-state index contributed by atoms with van der Waals surface area (Å²) in [6.07, 6.45) is 2.91. The number of nitrogens with one attached hydrogen (secondary N) is 1. The second-order valence-corrected chi connectivity index (χ2v) is 7.18. The average Bonchev–Trinajstić information content (AvgIpc) is 2.67. The maximum absolute atomic E-state index is 12.8. The fourth-order valence-electron chi connectivity index (χ4n) is 3.92. The second-order valence-electron chi connectivity index (χ2n) is 7.18. The summed E-state index contributed by atoms with van der Waals surface area (Å²) in [7, 11) is 3.98. The third-order valence-electron chi connectivity index (χ3n) is 5.25. The van der Waals surface area contributed by atoms with Crippen LogP contribution >= 0.6 is 0 Å². The Morgan fingerprint density at radius 2 is 1.89 bits per heavy atom. The highest BCUT2D eigenvalue weighted by Gasteiger charge is 2.39. The van der Waals surface area contributed by atoms with Crippen LogP contribution in [0.5, 0.6) is 0 Å². The zero-order valence-corrected chi connectivity index (χ0v) is 16.6. The number of hydrogen-bond donors (Lipinski definition) is 1. The molecule has 0 spiro atoms. The lowest BCUT2D eigenvalue weighted by molar-refractivity contribution is -0.138. The largest absolute Gasteiger partial charge is 0.463 e. The number of anilines is 1. The molecule has 1 aliphatic heterocycles. The van der Waals surface area contributed by atoms with Gasteiger partial charge in [0.1, 0.15) is 0 Å². The molecule has 144 valence electrons. The van der Waals surface area contributed by atoms with Crippen LogP contribution in [0.2, 0.25) is 0 Å². The number of ether oxygens (including phenoxy) is 1. The molecule has 5 heteroatoms. The van der Waals surface area contributed by atoms with Crippen molar-refractivity contribution in [2.75, 3.05) is 25.6 Å². The topological polar surface area (TPSA) is 58.6 Å². The molecule has 1 N–H and O–H groups in total. The van der Waals surface area contributed by atoms with Crippen LogP contribution in [0.4, 0.5) is 5.69 Å². The number of rotatable bonds is 5. The fourth-order valence-corrected chi connectivity index (χ4v) is 3.92. The third kappa shape index (κ3) is 3.64. The maximum atomic E-state index is 12.8. The second kappa shape index (κ2) is 7.99. The SMILES string of the molecule is CCOC(=O)C1=C(CC)NC2=C(C(=O)CCC2)[C@@H]1c1ccc(N(C)C)cc1. The zero-order valence-electron chi connectivity index (χ0n) is 16.6. The normalized spacial score (nSPS) is 19.6. The summed E-state index contributed by atoms with van der Waals surface area (Å²) in [5, 5.41) is 3.38. The number of Topliss-reactive ketones (excluding diaryl/α,β-unsaturated/α-hetero) is 1. The predicted octanol–water partition coefficient (Wildman–Crippen LogP) is 3.67. The van der Waals surface area contributed by atoms with Crippen LogP contribution in [0.15, 0.2) is 46.8 Å². The third-order valence-corrected chi connectivity index (χ3v) is 5.25. The summed E-state index contributed by atoms with van der Waals surface area (Å²) in [5.41, 5.74) is 5.18. The van der Waals surface area contributed by atoms with E-state index in [4.69, 9.17) is 4.74 Å². The summed E-state index contributed by atoms with van der Waals surface area (Å²) in [5.74, 6) is -0.574. The van der Waals surface area contributed by atoms with Crippen molar-refractivity contribution in [1.82, 2.24) is 5.32 Å². The Morgan fingerprint density at radius 1 is 1.19 bits per heavy atom. The molecule has 0 saturated carbocycles. The van der Waals surface area contributed by atoms with Crippen LogP contribution < -0.4 is 10.2 Å². The first-order chi connectivity index (χ1) is 13.0. The van der Waals surface area contributed by atoms with E-state index < -0.39 is 0 Å². The number of hydrogen-bond acceptors (Lipinski definition) is 5. The molecule has 0 amide bonds. The van der Waals surface area contributed by atoms with E-state index in [1.54, 1.807) is 6.92 Å². The number of nitrogens with zero attached hydrogens (tertiary/aromatic N) is 1. The fraction of sp³-hybridized carbons (Fsp3) is 0.455. The van der Waals surface area contributed by atoms with Gasteiger partial charge in [-0.15, -0.1) is 0 Å². The van der Waals surface area contributed by atoms with Crippen molar-refractivity contribution in [2.24, 2.45) is 0 Å². The Bertz CT molecular complexity index is 803. The molecule has 3 rings (SSSR count). The van der Waals surface area contributed by atoms with Gasteiger partial charge in [0.25, 0.3) is 0 Å². The van der Waals surface area contributed by atoms with Gasteiger partial charge < -0.3 is 15.0 Å². The molecular weight excluding hydrogens is 340 g/mol. The van der Waals surface area contributed by atoms with E-state index in [9.17, 15) is 9.59 Å². The van der Waals surface area contributed by atoms with Crippen molar-refractivity contribution < 1.29 is 14.3 Å². The Balaban J connectivity index is 2.15. The van der Waals surface area contributed by atoms with Gasteiger partial charge in [0, 0.05) is 49.1 Å². The predicted molar refractivity (Wildman–Crippen MR) is 106 cm³/mol. The van der Waals surface area contributed by atoms with Crippen molar-refractivity contribution in [1.29, 1.82) is 0 Å². The lowest BCUT2D eigenvalue weighted by Gasteiger charge is -2.35. The number of carbonyl (C=O) groups is 2. The average molecular weight is 368 g/mol. The van der Waals surface area contributed by atoms with Gasteiger partial charge in [-0.25, -0.2) is 4.79 Å². The van der Waals surface area contributed by atoms with E-state index in [1.165, 1.54) is 0 Å². The van der Waals surface area contributed by atoms with Gasteiger partial charge in [0.15, 0.2) is 5.78 Å². The number of benzene rings is 1. The van der Waals surface area contributed by atoms with Crippen LogP contribution in [0.3, 0.4) is 0 Å². The van der Waals surface area contributed by atoms with Crippen molar-refractivity contribution >= 4 is 17.4 Å². The van der Waals surface area contributed by atoms with E-state index in [0.717, 1.165) is 41.1 Å². The van der Waals surface area contributed by atoms with E-state index in [1.807, 2.05) is 50.2 Å². The van der Waals surface area contributed by atoms with Gasteiger partial charge >= 0.3 is 5.97 Å². The lowest BCUT2D eigenvalue weighted by Crippen LogP contribution is -2.35. The van der Waals surface area contributed by atoms with Gasteiger partial charge in [-0.1, -0.05) is 19.1 Å². The highest BCUT2D eigenvalue weighted by molar-refractivity contribution is 6.03. The summed E-state index contributed by atoms with van der Waals surface area (Å²) >= 11 is 0. The quantitative estimate of drug-likeness (QED) is 0.804. The van der Waals surface area contributed by atoms with E-state index in [-0.39, 0.29) is 17.7 Å². The minimum Gasteiger partial charge on any atom is -0.463 e. The van der Waals surface area contributed by atoms with Crippen LogP contribution in [0.1, 0.15) is 51.0 Å². The Kier molecular flexibility index (Phi) is 5.68. The number of allylic oxidation sites excluding steroid dienone is 3. The van der Waals surface area contributed by atoms with Crippen LogP contribution in [-0.4, -0.2) is 32.5 Å². The van der Waals surface area contributed by atoms with E-state index >= 15 is 0 Å². The van der Waals surface area contributed by atoms with Crippen molar-refractivity contribution in [3.05, 3.63) is 52.4 Å². The molecule has 1 aliphatic carbocycles. The number of esters is 1. The molecular formula is C22H28N2O3. The highest BCUT2D eigenvalue weighted by atomic mass is 16.5. The van der Waals surface area contributed by atoms with Crippen molar-refractivity contribution in [2.45, 2.75) is 45.4 Å². The first kappa shape index (κ1) is 19.2. The van der Waals surface area contributed by atoms with Crippen LogP contribution in [0.25, 0.3) is 0 Å². The first-order valence-electron chi connectivity index (χ1n) is 9.68. The molecule has 0 fully saturated rings. The lowest BCUT2D eigenvalue weighted by atomic mass is 9.75. The van der Waals surface area contributed by atoms with Gasteiger partial charge in [0.05, 0.1) is 12.2 Å². The molecule has 2 aliphatic rings. The summed E-state index contributed by atoms with van der Waals surface area (Å²) in [6.45, 7) is 4.13. The molecule has 0 saturated heterocycles. The Morgan fingerprint density at radius 3 is 2.48 bits per heavy atom. The summed E-state index contributed by atoms with van der Waals surface area (Å²) in [6, 6.07) is 8.09. The first-order valence-corrected chi connectivity index (χ1v) is 9.68. The van der Waals surface area contributed by atoms with Gasteiger partial charge in [-0.2, -0.15) is 0 Å². The standard InChI is InChI=1S/C22H28N2O3/c1-5-16-21(22(26)27-6-2)19(14-10-12-15(13-11-14)24(3)4)20-17(23-16)8-7-9-18(20)25/h10-13,19,23H,5-9H2,1-4H3/t19-/m0/s1. The van der Waals surface area contributed by atoms with Crippen LogP contribution in [-0.2, 0) is 14.3 Å². The monoisotopic (exact) mass is 368 g/mol. The van der Waals surface area contributed by atoms with Gasteiger partial charge in [0.2, 0.25) is 0 Å². The Labute approximate surface area is 161 Å². The van der Waals surface area contributed by atoms with Crippen molar-refractivity contribution in [3.8, 4) is 0 Å². The molecule has 0 radical (unpaired) electrons. The highest BCUT2D eigenvalue weighted by Crippen LogP contribution is 2.43. The molecule has 0 aromatic heterocycles. The van der Waals surface area contributed by atoms with Crippen molar-refractivity contribution in [3.63, 3.8) is 0 Å². The number of dihydropyridines is 1. The molecule has 1 atom stereocenters. The molecule has 27 heavy (non-hydrogen) atoms. The Hall–Kier alpha value is -2.56. The summed E-state index contributed by atoms with van der Waals surface area (Å²) in [4.78, 5) is 27.7. The molecule has 5 nitrogen and oxygen atoms in total. The van der Waals surface area contributed by atoms with Crippen LogP contribution in [0, 0.1) is 0 Å². The van der Waals surface area contributed by atoms with Gasteiger partial charge in [-0.3, -0.25) is 4.79 Å². The maximum Gasteiger partial charge on any atom is 0.336 e. The number of ketones is 1. The smallest absolute Gasteiger partial charge is 0.336 e.